The van der Waals surface area contributed by atoms with Gasteiger partial charge in [-0.2, -0.15) is 0 Å². The molecule has 1 fully saturated rings. The van der Waals surface area contributed by atoms with Crippen LogP contribution >= 0.6 is 11.6 Å². The van der Waals surface area contributed by atoms with Crippen LogP contribution in [0.2, 0.25) is 5.02 Å². The standard InChI is InChI=1S/C14H19ClN2O2/c1-11(12-4-2-3-5-13(12)15)17-8-6-16(7-9-17)10-14(18)19/h2-5,11H,6-10H2,1H3,(H,18,19). The Morgan fingerprint density at radius 1 is 1.32 bits per heavy atom. The Bertz CT molecular complexity index is 445. The van der Waals surface area contributed by atoms with E-state index in [9.17, 15) is 4.79 Å². The zero-order chi connectivity index (χ0) is 13.8. The predicted octanol–water partition coefficient (Wildman–Crippen LogP) is 2.10. The largest absolute Gasteiger partial charge is 0.480 e. The number of piperazine rings is 1. The van der Waals surface area contributed by atoms with E-state index in [1.807, 2.05) is 23.1 Å². The summed E-state index contributed by atoms with van der Waals surface area (Å²) in [4.78, 5) is 15.0. The van der Waals surface area contributed by atoms with Gasteiger partial charge in [-0.3, -0.25) is 14.6 Å². The molecule has 0 spiro atoms. The van der Waals surface area contributed by atoms with Crippen LogP contribution in [0.5, 0.6) is 0 Å². The zero-order valence-electron chi connectivity index (χ0n) is 11.1. The van der Waals surface area contributed by atoms with Gasteiger partial charge in [0, 0.05) is 37.2 Å². The maximum atomic E-state index is 10.7. The Morgan fingerprint density at radius 2 is 1.95 bits per heavy atom. The van der Waals surface area contributed by atoms with E-state index in [0.29, 0.717) is 0 Å². The van der Waals surface area contributed by atoms with E-state index in [2.05, 4.69) is 17.9 Å². The number of benzene rings is 1. The molecule has 104 valence electrons. The number of halogens is 1. The average molecular weight is 283 g/mol. The van der Waals surface area contributed by atoms with E-state index in [1.165, 1.54) is 0 Å². The first-order chi connectivity index (χ1) is 9.08. The molecular formula is C14H19ClN2O2. The summed E-state index contributed by atoms with van der Waals surface area (Å²) in [5, 5.41) is 9.58. The fourth-order valence-corrected chi connectivity index (χ4v) is 2.80. The third-order valence-electron chi connectivity index (χ3n) is 3.67. The highest BCUT2D eigenvalue weighted by molar-refractivity contribution is 6.31. The number of carbonyl (C=O) groups is 1. The van der Waals surface area contributed by atoms with Crippen molar-refractivity contribution in [3.63, 3.8) is 0 Å². The maximum absolute atomic E-state index is 10.7. The lowest BCUT2D eigenvalue weighted by molar-refractivity contribution is -0.138. The molecule has 0 amide bonds. The van der Waals surface area contributed by atoms with E-state index in [0.717, 1.165) is 36.8 Å². The highest BCUT2D eigenvalue weighted by Crippen LogP contribution is 2.27. The molecule has 1 saturated heterocycles. The first-order valence-corrected chi connectivity index (χ1v) is 6.88. The van der Waals surface area contributed by atoms with E-state index in [1.54, 1.807) is 0 Å². The minimum Gasteiger partial charge on any atom is -0.480 e. The summed E-state index contributed by atoms with van der Waals surface area (Å²) in [6, 6.07) is 8.16. The summed E-state index contributed by atoms with van der Waals surface area (Å²) in [6.07, 6.45) is 0. The lowest BCUT2D eigenvalue weighted by atomic mass is 10.1. The minimum absolute atomic E-state index is 0.133. The van der Waals surface area contributed by atoms with Gasteiger partial charge in [0.25, 0.3) is 0 Å². The zero-order valence-corrected chi connectivity index (χ0v) is 11.8. The second-order valence-corrected chi connectivity index (χ2v) is 5.31. The molecule has 5 heteroatoms. The number of carboxylic acid groups (broad SMARTS) is 1. The highest BCUT2D eigenvalue weighted by Gasteiger charge is 2.23. The van der Waals surface area contributed by atoms with Crippen LogP contribution in [0.4, 0.5) is 0 Å². The van der Waals surface area contributed by atoms with Crippen molar-refractivity contribution >= 4 is 17.6 Å². The molecule has 2 rings (SSSR count). The molecule has 4 nitrogen and oxygen atoms in total. The normalized spacial score (nSPS) is 19.3. The van der Waals surface area contributed by atoms with Crippen LogP contribution in [-0.2, 0) is 4.79 Å². The van der Waals surface area contributed by atoms with Gasteiger partial charge in [-0.05, 0) is 18.6 Å². The summed E-state index contributed by atoms with van der Waals surface area (Å²) in [7, 11) is 0. The molecule has 1 aromatic rings. The first kappa shape index (κ1) is 14.3. The number of hydrogen-bond donors (Lipinski definition) is 1. The minimum atomic E-state index is -0.757. The molecule has 1 unspecified atom stereocenters. The third-order valence-corrected chi connectivity index (χ3v) is 4.01. The number of rotatable bonds is 4. The molecule has 1 aromatic carbocycles. The molecular weight excluding hydrogens is 264 g/mol. The van der Waals surface area contributed by atoms with Gasteiger partial charge in [-0.25, -0.2) is 0 Å². The summed E-state index contributed by atoms with van der Waals surface area (Å²) < 4.78 is 0. The first-order valence-electron chi connectivity index (χ1n) is 6.50. The molecule has 1 aliphatic heterocycles. The van der Waals surface area contributed by atoms with Crippen LogP contribution in [0, 0.1) is 0 Å². The van der Waals surface area contributed by atoms with Gasteiger partial charge in [0.15, 0.2) is 0 Å². The fraction of sp³-hybridized carbons (Fsp3) is 0.500. The van der Waals surface area contributed by atoms with E-state index >= 15 is 0 Å². The van der Waals surface area contributed by atoms with Crippen molar-refractivity contribution in [2.75, 3.05) is 32.7 Å². The van der Waals surface area contributed by atoms with Gasteiger partial charge < -0.3 is 5.11 Å². The molecule has 0 bridgehead atoms. The molecule has 1 heterocycles. The topological polar surface area (TPSA) is 43.8 Å². The van der Waals surface area contributed by atoms with Crippen molar-refractivity contribution in [3.8, 4) is 0 Å². The van der Waals surface area contributed by atoms with Gasteiger partial charge in [0.2, 0.25) is 0 Å². The van der Waals surface area contributed by atoms with Crippen LogP contribution in [0.3, 0.4) is 0 Å². The Labute approximate surface area is 118 Å². The van der Waals surface area contributed by atoms with Crippen LogP contribution in [0.15, 0.2) is 24.3 Å². The number of aliphatic carboxylic acids is 1. The molecule has 0 radical (unpaired) electrons. The SMILES string of the molecule is CC(c1ccccc1Cl)N1CCN(CC(=O)O)CC1. The molecule has 1 aliphatic rings. The lowest BCUT2D eigenvalue weighted by Crippen LogP contribution is -2.48. The summed E-state index contributed by atoms with van der Waals surface area (Å²) in [5.41, 5.74) is 1.14. The molecule has 1 N–H and O–H groups in total. The average Bonchev–Trinajstić information content (AvgIpc) is 2.39. The van der Waals surface area contributed by atoms with Crippen LogP contribution in [0.25, 0.3) is 0 Å². The quantitative estimate of drug-likeness (QED) is 0.919. The van der Waals surface area contributed by atoms with Crippen LogP contribution < -0.4 is 0 Å². The van der Waals surface area contributed by atoms with E-state index < -0.39 is 5.97 Å². The summed E-state index contributed by atoms with van der Waals surface area (Å²) in [5.74, 6) is -0.757. The van der Waals surface area contributed by atoms with Gasteiger partial charge in [-0.15, -0.1) is 0 Å². The van der Waals surface area contributed by atoms with Crippen molar-refractivity contribution in [1.82, 2.24) is 9.80 Å². The Balaban J connectivity index is 1.94. The van der Waals surface area contributed by atoms with Crippen molar-refractivity contribution in [2.24, 2.45) is 0 Å². The molecule has 1 atom stereocenters. The smallest absolute Gasteiger partial charge is 0.317 e. The van der Waals surface area contributed by atoms with Gasteiger partial charge in [0.05, 0.1) is 6.54 Å². The van der Waals surface area contributed by atoms with Crippen molar-refractivity contribution in [2.45, 2.75) is 13.0 Å². The van der Waals surface area contributed by atoms with E-state index in [-0.39, 0.29) is 12.6 Å². The molecule has 19 heavy (non-hydrogen) atoms. The predicted molar refractivity (Wildman–Crippen MR) is 75.5 cm³/mol. The van der Waals surface area contributed by atoms with Gasteiger partial charge in [0.1, 0.15) is 0 Å². The Hall–Kier alpha value is -1.10. The van der Waals surface area contributed by atoms with Crippen molar-refractivity contribution in [1.29, 1.82) is 0 Å². The second-order valence-electron chi connectivity index (χ2n) is 4.90. The van der Waals surface area contributed by atoms with Crippen LogP contribution in [0.1, 0.15) is 18.5 Å². The lowest BCUT2D eigenvalue weighted by Gasteiger charge is -2.37. The Kier molecular flexibility index (Phi) is 4.80. The van der Waals surface area contributed by atoms with Crippen molar-refractivity contribution < 1.29 is 9.90 Å². The van der Waals surface area contributed by atoms with Gasteiger partial charge in [-0.1, -0.05) is 29.8 Å². The number of nitrogens with zero attached hydrogens (tertiary/aromatic N) is 2. The number of hydrogen-bond acceptors (Lipinski definition) is 3. The number of carboxylic acids is 1. The van der Waals surface area contributed by atoms with E-state index in [4.69, 9.17) is 16.7 Å². The Morgan fingerprint density at radius 3 is 2.53 bits per heavy atom. The summed E-state index contributed by atoms with van der Waals surface area (Å²) in [6.45, 7) is 5.61. The fourth-order valence-electron chi connectivity index (χ4n) is 2.51. The monoisotopic (exact) mass is 282 g/mol. The van der Waals surface area contributed by atoms with Crippen molar-refractivity contribution in [3.05, 3.63) is 34.9 Å². The molecule has 0 aliphatic carbocycles. The highest BCUT2D eigenvalue weighted by atomic mass is 35.5. The summed E-state index contributed by atoms with van der Waals surface area (Å²) >= 11 is 6.22. The second kappa shape index (κ2) is 6.37. The molecule has 0 aromatic heterocycles. The third kappa shape index (κ3) is 3.69. The molecule has 0 saturated carbocycles. The van der Waals surface area contributed by atoms with Crippen LogP contribution in [-0.4, -0.2) is 53.6 Å². The van der Waals surface area contributed by atoms with Gasteiger partial charge >= 0.3 is 5.97 Å². The maximum Gasteiger partial charge on any atom is 0.317 e.